The van der Waals surface area contributed by atoms with Crippen molar-refractivity contribution in [3.05, 3.63) is 34.5 Å². The van der Waals surface area contributed by atoms with Gasteiger partial charge in [0.05, 0.1) is 25.5 Å². The van der Waals surface area contributed by atoms with Crippen LogP contribution in [0.25, 0.3) is 5.52 Å². The highest BCUT2D eigenvalue weighted by Gasteiger charge is 2.19. The Hall–Kier alpha value is -1.66. The number of hydrogen-bond acceptors (Lipinski definition) is 4. The molecule has 0 amide bonds. The number of hydrogen-bond donors (Lipinski definition) is 1. The number of aromatic nitrogens is 3. The molecule has 6 heteroatoms. The van der Waals surface area contributed by atoms with Crippen LogP contribution < -0.4 is 5.56 Å². The van der Waals surface area contributed by atoms with Crippen molar-refractivity contribution in [2.24, 2.45) is 0 Å². The summed E-state index contributed by atoms with van der Waals surface area (Å²) in [6, 6.07) is 1.84. The van der Waals surface area contributed by atoms with Crippen molar-refractivity contribution in [3.63, 3.8) is 0 Å². The molecular formula is C14H21N3O3. The highest BCUT2D eigenvalue weighted by molar-refractivity contribution is 5.46. The summed E-state index contributed by atoms with van der Waals surface area (Å²) in [7, 11) is 0. The molecule has 0 fully saturated rings. The fourth-order valence-corrected chi connectivity index (χ4v) is 1.90. The lowest BCUT2D eigenvalue weighted by Crippen LogP contribution is -2.23. The van der Waals surface area contributed by atoms with Crippen LogP contribution in [0.4, 0.5) is 0 Å². The van der Waals surface area contributed by atoms with Crippen LogP contribution >= 0.6 is 0 Å². The van der Waals surface area contributed by atoms with Gasteiger partial charge in [0.2, 0.25) is 0 Å². The summed E-state index contributed by atoms with van der Waals surface area (Å²) >= 11 is 0. The van der Waals surface area contributed by atoms with E-state index in [1.165, 1.54) is 0 Å². The number of aliphatic hydroxyl groups excluding tert-OH is 1. The first-order chi connectivity index (χ1) is 9.43. The maximum atomic E-state index is 12.3. The number of nitrogens with zero attached hydrogens (tertiary/aromatic N) is 3. The quantitative estimate of drug-likeness (QED) is 0.822. The van der Waals surface area contributed by atoms with E-state index in [0.717, 1.165) is 5.69 Å². The highest BCUT2D eigenvalue weighted by Crippen LogP contribution is 2.20. The van der Waals surface area contributed by atoms with Gasteiger partial charge in [0.1, 0.15) is 5.52 Å². The summed E-state index contributed by atoms with van der Waals surface area (Å²) in [6.45, 7) is 7.34. The molecule has 20 heavy (non-hydrogen) atoms. The van der Waals surface area contributed by atoms with Gasteiger partial charge in [-0.2, -0.15) is 5.10 Å². The lowest BCUT2D eigenvalue weighted by Gasteiger charge is -2.13. The molecule has 2 aromatic heterocycles. The Labute approximate surface area is 117 Å². The minimum Gasteiger partial charge on any atom is -0.394 e. The molecular weight excluding hydrogens is 258 g/mol. The van der Waals surface area contributed by atoms with Crippen LogP contribution in [0.1, 0.15) is 26.5 Å². The van der Waals surface area contributed by atoms with Crippen molar-refractivity contribution in [2.45, 2.75) is 32.7 Å². The van der Waals surface area contributed by atoms with E-state index in [1.54, 1.807) is 21.5 Å². The Bertz CT molecular complexity index is 637. The molecule has 0 unspecified atom stereocenters. The van der Waals surface area contributed by atoms with E-state index in [4.69, 9.17) is 9.84 Å². The van der Waals surface area contributed by atoms with E-state index in [9.17, 15) is 4.79 Å². The molecule has 0 aliphatic carbocycles. The van der Waals surface area contributed by atoms with Crippen LogP contribution in [0.15, 0.2) is 23.3 Å². The van der Waals surface area contributed by atoms with Crippen molar-refractivity contribution in [3.8, 4) is 0 Å². The lowest BCUT2D eigenvalue weighted by molar-refractivity contribution is 0.0865. The predicted molar refractivity (Wildman–Crippen MR) is 76.1 cm³/mol. The molecule has 0 aliphatic rings. The third-order valence-electron chi connectivity index (χ3n) is 3.08. The Morgan fingerprint density at radius 3 is 2.70 bits per heavy atom. The van der Waals surface area contributed by atoms with E-state index >= 15 is 0 Å². The highest BCUT2D eigenvalue weighted by atomic mass is 16.5. The van der Waals surface area contributed by atoms with Gasteiger partial charge in [0.25, 0.3) is 5.56 Å². The zero-order valence-corrected chi connectivity index (χ0v) is 12.2. The molecule has 6 nitrogen and oxygen atoms in total. The standard InChI is InChI=1S/C14H21N3O3/c1-14(2,3)12-10-11-13(19)16(4-5-17(11)15-12)6-8-20-9-7-18/h4-5,10,18H,6-9H2,1-3H3. The zero-order valence-electron chi connectivity index (χ0n) is 12.2. The molecule has 0 spiro atoms. The van der Waals surface area contributed by atoms with Crippen molar-refractivity contribution < 1.29 is 9.84 Å². The fraction of sp³-hybridized carbons (Fsp3) is 0.571. The topological polar surface area (TPSA) is 68.8 Å². The molecule has 0 saturated carbocycles. The molecule has 0 saturated heterocycles. The third kappa shape index (κ3) is 3.08. The van der Waals surface area contributed by atoms with Crippen LogP contribution in [0.2, 0.25) is 0 Å². The Morgan fingerprint density at radius 1 is 1.30 bits per heavy atom. The summed E-state index contributed by atoms with van der Waals surface area (Å²) in [6.07, 6.45) is 3.48. The van der Waals surface area contributed by atoms with Crippen molar-refractivity contribution in [1.82, 2.24) is 14.2 Å². The maximum Gasteiger partial charge on any atom is 0.276 e. The zero-order chi connectivity index (χ0) is 14.8. The summed E-state index contributed by atoms with van der Waals surface area (Å²) in [4.78, 5) is 12.3. The Balaban J connectivity index is 2.27. The smallest absolute Gasteiger partial charge is 0.276 e. The minimum atomic E-state index is -0.0898. The SMILES string of the molecule is CC(C)(C)c1cc2c(=O)n(CCOCCO)ccn2n1. The monoisotopic (exact) mass is 279 g/mol. The van der Waals surface area contributed by atoms with Crippen molar-refractivity contribution >= 4 is 5.52 Å². The molecule has 2 aromatic rings. The van der Waals surface area contributed by atoms with Gasteiger partial charge in [-0.1, -0.05) is 20.8 Å². The number of ether oxygens (including phenoxy) is 1. The van der Waals surface area contributed by atoms with Gasteiger partial charge < -0.3 is 14.4 Å². The minimum absolute atomic E-state index is 0.00843. The van der Waals surface area contributed by atoms with Crippen LogP contribution in [-0.2, 0) is 16.7 Å². The average Bonchev–Trinajstić information content (AvgIpc) is 2.82. The van der Waals surface area contributed by atoms with Crippen molar-refractivity contribution in [2.75, 3.05) is 19.8 Å². The summed E-state index contributed by atoms with van der Waals surface area (Å²) < 4.78 is 8.40. The van der Waals surface area contributed by atoms with Gasteiger partial charge in [-0.15, -0.1) is 0 Å². The second-order valence-corrected chi connectivity index (χ2v) is 5.74. The van der Waals surface area contributed by atoms with Gasteiger partial charge in [-0.3, -0.25) is 4.79 Å². The lowest BCUT2D eigenvalue weighted by atomic mass is 9.92. The van der Waals surface area contributed by atoms with Gasteiger partial charge >= 0.3 is 0 Å². The number of aliphatic hydroxyl groups is 1. The van der Waals surface area contributed by atoms with Gasteiger partial charge in [0.15, 0.2) is 0 Å². The first-order valence-electron chi connectivity index (χ1n) is 6.71. The molecule has 1 N–H and O–H groups in total. The van der Waals surface area contributed by atoms with Crippen LogP contribution in [0, 0.1) is 0 Å². The van der Waals surface area contributed by atoms with E-state index in [-0.39, 0.29) is 24.2 Å². The molecule has 0 radical (unpaired) electrons. The van der Waals surface area contributed by atoms with Crippen LogP contribution in [0.3, 0.4) is 0 Å². The van der Waals surface area contributed by atoms with Crippen LogP contribution in [-0.4, -0.2) is 39.1 Å². The second kappa shape index (κ2) is 5.76. The second-order valence-electron chi connectivity index (χ2n) is 5.74. The first kappa shape index (κ1) is 14.7. The van der Waals surface area contributed by atoms with E-state index in [1.807, 2.05) is 6.07 Å². The number of fused-ring (bicyclic) bond motifs is 1. The summed E-state index contributed by atoms with van der Waals surface area (Å²) in [5.74, 6) is 0. The van der Waals surface area contributed by atoms with Crippen molar-refractivity contribution in [1.29, 1.82) is 0 Å². The van der Waals surface area contributed by atoms with Gasteiger partial charge in [-0.05, 0) is 6.07 Å². The summed E-state index contributed by atoms with van der Waals surface area (Å²) in [5, 5.41) is 13.1. The van der Waals surface area contributed by atoms with Crippen LogP contribution in [0.5, 0.6) is 0 Å². The first-order valence-corrected chi connectivity index (χ1v) is 6.71. The maximum absolute atomic E-state index is 12.3. The fourth-order valence-electron chi connectivity index (χ4n) is 1.90. The predicted octanol–water partition coefficient (Wildman–Crippen LogP) is 0.802. The molecule has 0 aromatic carbocycles. The Kier molecular flexibility index (Phi) is 4.25. The van der Waals surface area contributed by atoms with E-state index < -0.39 is 0 Å². The molecule has 0 atom stereocenters. The molecule has 2 heterocycles. The Morgan fingerprint density at radius 2 is 2.05 bits per heavy atom. The normalized spacial score (nSPS) is 12.2. The van der Waals surface area contributed by atoms with E-state index in [2.05, 4.69) is 25.9 Å². The van der Waals surface area contributed by atoms with Gasteiger partial charge in [0, 0.05) is 24.4 Å². The molecule has 0 bridgehead atoms. The average molecular weight is 279 g/mol. The third-order valence-corrected chi connectivity index (χ3v) is 3.08. The molecule has 0 aliphatic heterocycles. The van der Waals surface area contributed by atoms with E-state index in [0.29, 0.717) is 18.7 Å². The van der Waals surface area contributed by atoms with Gasteiger partial charge in [-0.25, -0.2) is 4.52 Å². The molecule has 110 valence electrons. The number of rotatable bonds is 5. The summed E-state index contributed by atoms with van der Waals surface area (Å²) in [5.41, 5.74) is 1.29. The largest absolute Gasteiger partial charge is 0.394 e. The molecule has 2 rings (SSSR count).